The third-order valence-electron chi connectivity index (χ3n) is 3.19. The predicted octanol–water partition coefficient (Wildman–Crippen LogP) is 2.96. The zero-order valence-corrected chi connectivity index (χ0v) is 11.2. The van der Waals surface area contributed by atoms with Crippen LogP contribution in [0.25, 0.3) is 11.3 Å². The molecule has 3 nitrogen and oxygen atoms in total. The Labute approximate surface area is 111 Å². The van der Waals surface area contributed by atoms with Crippen molar-refractivity contribution in [2.24, 2.45) is 0 Å². The maximum Gasteiger partial charge on any atom is 0.186 e. The molecule has 1 aromatic heterocycles. The lowest BCUT2D eigenvalue weighted by Crippen LogP contribution is -2.36. The quantitative estimate of drug-likeness (QED) is 0.830. The van der Waals surface area contributed by atoms with Crippen LogP contribution in [0.1, 0.15) is 5.56 Å². The van der Waals surface area contributed by atoms with E-state index in [9.17, 15) is 0 Å². The molecule has 94 valence electrons. The standard InChI is InChI=1S/C14H16N2OS/c1-11-4-2-3-5-12(11)13-10-18-14(15-13)16-6-8-17-9-7-16/h2-5,10H,6-9H2,1H3. The first-order valence-electron chi connectivity index (χ1n) is 6.19. The summed E-state index contributed by atoms with van der Waals surface area (Å²) in [4.78, 5) is 7.06. The van der Waals surface area contributed by atoms with E-state index in [1.165, 1.54) is 11.1 Å². The van der Waals surface area contributed by atoms with Crippen LogP contribution in [0.4, 0.5) is 5.13 Å². The van der Waals surface area contributed by atoms with Crippen molar-refractivity contribution in [1.82, 2.24) is 4.98 Å². The largest absolute Gasteiger partial charge is 0.378 e. The van der Waals surface area contributed by atoms with E-state index >= 15 is 0 Å². The van der Waals surface area contributed by atoms with Crippen LogP contribution in [0, 0.1) is 6.92 Å². The topological polar surface area (TPSA) is 25.4 Å². The number of ether oxygens (including phenoxy) is 1. The number of aromatic nitrogens is 1. The molecule has 1 aromatic carbocycles. The van der Waals surface area contributed by atoms with E-state index in [-0.39, 0.29) is 0 Å². The summed E-state index contributed by atoms with van der Waals surface area (Å²) in [7, 11) is 0. The van der Waals surface area contributed by atoms with Gasteiger partial charge in [0.05, 0.1) is 18.9 Å². The number of anilines is 1. The lowest BCUT2D eigenvalue weighted by Gasteiger charge is -2.26. The van der Waals surface area contributed by atoms with E-state index in [0.29, 0.717) is 0 Å². The van der Waals surface area contributed by atoms with Gasteiger partial charge in [0.25, 0.3) is 0 Å². The second kappa shape index (κ2) is 5.08. The Morgan fingerprint density at radius 2 is 2.00 bits per heavy atom. The van der Waals surface area contributed by atoms with Gasteiger partial charge in [-0.2, -0.15) is 0 Å². The van der Waals surface area contributed by atoms with E-state index in [4.69, 9.17) is 9.72 Å². The normalized spacial score (nSPS) is 15.9. The number of thiazole rings is 1. The van der Waals surface area contributed by atoms with E-state index in [1.807, 2.05) is 0 Å². The highest BCUT2D eigenvalue weighted by atomic mass is 32.1. The van der Waals surface area contributed by atoms with Crippen molar-refractivity contribution in [1.29, 1.82) is 0 Å². The molecule has 2 heterocycles. The van der Waals surface area contributed by atoms with Crippen LogP contribution >= 0.6 is 11.3 Å². The van der Waals surface area contributed by atoms with Crippen molar-refractivity contribution in [2.45, 2.75) is 6.92 Å². The third-order valence-corrected chi connectivity index (χ3v) is 4.10. The summed E-state index contributed by atoms with van der Waals surface area (Å²) < 4.78 is 5.37. The summed E-state index contributed by atoms with van der Waals surface area (Å²) in [6.45, 7) is 5.63. The average molecular weight is 260 g/mol. The highest BCUT2D eigenvalue weighted by Gasteiger charge is 2.15. The Morgan fingerprint density at radius 3 is 2.78 bits per heavy atom. The summed E-state index contributed by atoms with van der Waals surface area (Å²) in [5.74, 6) is 0. The maximum atomic E-state index is 5.37. The Morgan fingerprint density at radius 1 is 1.22 bits per heavy atom. The summed E-state index contributed by atoms with van der Waals surface area (Å²) in [6.07, 6.45) is 0. The van der Waals surface area contributed by atoms with Crippen LogP contribution in [0.3, 0.4) is 0 Å². The van der Waals surface area contributed by atoms with Crippen molar-refractivity contribution in [3.05, 3.63) is 35.2 Å². The summed E-state index contributed by atoms with van der Waals surface area (Å²) in [6, 6.07) is 8.39. The van der Waals surface area contributed by atoms with Gasteiger partial charge in [0, 0.05) is 24.0 Å². The summed E-state index contributed by atoms with van der Waals surface area (Å²) in [5, 5.41) is 3.25. The van der Waals surface area contributed by atoms with Crippen molar-refractivity contribution in [3.8, 4) is 11.3 Å². The molecule has 1 aliphatic rings. The molecule has 0 bridgehead atoms. The van der Waals surface area contributed by atoms with Crippen molar-refractivity contribution in [2.75, 3.05) is 31.2 Å². The predicted molar refractivity (Wildman–Crippen MR) is 75.3 cm³/mol. The van der Waals surface area contributed by atoms with Crippen molar-refractivity contribution < 1.29 is 4.74 Å². The number of hydrogen-bond donors (Lipinski definition) is 0. The van der Waals surface area contributed by atoms with Gasteiger partial charge < -0.3 is 9.64 Å². The van der Waals surface area contributed by atoms with Crippen LogP contribution in [-0.4, -0.2) is 31.3 Å². The van der Waals surface area contributed by atoms with E-state index < -0.39 is 0 Å². The minimum Gasteiger partial charge on any atom is -0.378 e. The fourth-order valence-corrected chi connectivity index (χ4v) is 3.03. The Bertz CT molecular complexity index is 532. The third kappa shape index (κ3) is 2.26. The molecule has 0 radical (unpaired) electrons. The molecular weight excluding hydrogens is 244 g/mol. The Hall–Kier alpha value is -1.39. The molecule has 1 fully saturated rings. The van der Waals surface area contributed by atoms with E-state index in [1.54, 1.807) is 11.3 Å². The van der Waals surface area contributed by atoms with Crippen LogP contribution in [0.5, 0.6) is 0 Å². The lowest BCUT2D eigenvalue weighted by atomic mass is 10.1. The molecule has 4 heteroatoms. The molecule has 0 amide bonds. The fourth-order valence-electron chi connectivity index (χ4n) is 2.15. The Kier molecular flexibility index (Phi) is 3.30. The van der Waals surface area contributed by atoms with Crippen molar-refractivity contribution >= 4 is 16.5 Å². The van der Waals surface area contributed by atoms with E-state index in [0.717, 1.165) is 37.1 Å². The number of aryl methyl sites for hydroxylation is 1. The summed E-state index contributed by atoms with van der Waals surface area (Å²) >= 11 is 1.72. The number of rotatable bonds is 2. The molecule has 0 unspecified atom stereocenters. The van der Waals surface area contributed by atoms with Gasteiger partial charge in [-0.3, -0.25) is 0 Å². The van der Waals surface area contributed by atoms with Gasteiger partial charge in [-0.05, 0) is 12.5 Å². The number of benzene rings is 1. The molecule has 3 rings (SSSR count). The molecular formula is C14H16N2OS. The molecule has 0 spiro atoms. The zero-order chi connectivity index (χ0) is 12.4. The van der Waals surface area contributed by atoms with Gasteiger partial charge in [-0.25, -0.2) is 4.98 Å². The van der Waals surface area contributed by atoms with Gasteiger partial charge in [0.15, 0.2) is 5.13 Å². The van der Waals surface area contributed by atoms with Gasteiger partial charge in [-0.15, -0.1) is 11.3 Å². The first kappa shape index (κ1) is 11.7. The molecule has 1 saturated heterocycles. The number of morpholine rings is 1. The monoisotopic (exact) mass is 260 g/mol. The molecule has 1 aliphatic heterocycles. The second-order valence-electron chi connectivity index (χ2n) is 4.43. The SMILES string of the molecule is Cc1ccccc1-c1csc(N2CCOCC2)n1. The van der Waals surface area contributed by atoms with Crippen LogP contribution in [0.15, 0.2) is 29.6 Å². The fraction of sp³-hybridized carbons (Fsp3) is 0.357. The second-order valence-corrected chi connectivity index (χ2v) is 5.27. The van der Waals surface area contributed by atoms with Crippen molar-refractivity contribution in [3.63, 3.8) is 0 Å². The Balaban J connectivity index is 1.87. The minimum absolute atomic E-state index is 0.805. The molecule has 18 heavy (non-hydrogen) atoms. The van der Waals surface area contributed by atoms with Crippen LogP contribution < -0.4 is 4.90 Å². The van der Waals surface area contributed by atoms with Gasteiger partial charge in [0.1, 0.15) is 0 Å². The number of hydrogen-bond acceptors (Lipinski definition) is 4. The molecule has 0 saturated carbocycles. The molecule has 0 aliphatic carbocycles. The zero-order valence-electron chi connectivity index (χ0n) is 10.4. The number of nitrogens with zero attached hydrogens (tertiary/aromatic N) is 2. The van der Waals surface area contributed by atoms with E-state index in [2.05, 4.69) is 41.5 Å². The molecule has 2 aromatic rings. The van der Waals surface area contributed by atoms with Crippen LogP contribution in [0.2, 0.25) is 0 Å². The first-order chi connectivity index (χ1) is 8.84. The first-order valence-corrected chi connectivity index (χ1v) is 7.07. The van der Waals surface area contributed by atoms with Crippen LogP contribution in [-0.2, 0) is 4.74 Å². The van der Waals surface area contributed by atoms with Gasteiger partial charge in [-0.1, -0.05) is 24.3 Å². The van der Waals surface area contributed by atoms with Gasteiger partial charge in [0.2, 0.25) is 0 Å². The molecule has 0 N–H and O–H groups in total. The minimum atomic E-state index is 0.805. The molecule has 0 atom stereocenters. The maximum absolute atomic E-state index is 5.37. The van der Waals surface area contributed by atoms with Gasteiger partial charge >= 0.3 is 0 Å². The highest BCUT2D eigenvalue weighted by molar-refractivity contribution is 7.14. The lowest BCUT2D eigenvalue weighted by molar-refractivity contribution is 0.122. The summed E-state index contributed by atoms with van der Waals surface area (Å²) in [5.41, 5.74) is 3.59. The smallest absolute Gasteiger partial charge is 0.186 e. The average Bonchev–Trinajstić information content (AvgIpc) is 2.90. The highest BCUT2D eigenvalue weighted by Crippen LogP contribution is 2.29.